The molecule has 4 rings (SSSR count). The van der Waals surface area contributed by atoms with Crippen molar-refractivity contribution in [3.05, 3.63) is 88.9 Å². The zero-order valence-corrected chi connectivity index (χ0v) is 23.1. The van der Waals surface area contributed by atoms with Gasteiger partial charge in [0.2, 0.25) is 11.8 Å². The molecular formula is C29H28ClN3O5S. The Labute approximate surface area is 236 Å². The predicted octanol–water partition coefficient (Wildman–Crippen LogP) is 5.73. The Morgan fingerprint density at radius 1 is 1.05 bits per heavy atom. The van der Waals surface area contributed by atoms with Crippen molar-refractivity contribution in [3.63, 3.8) is 0 Å². The van der Waals surface area contributed by atoms with Gasteiger partial charge in [-0.1, -0.05) is 35.5 Å². The number of nitrogens with zero attached hydrogens (tertiary/aromatic N) is 2. The predicted molar refractivity (Wildman–Crippen MR) is 154 cm³/mol. The van der Waals surface area contributed by atoms with Crippen molar-refractivity contribution in [3.8, 4) is 5.75 Å². The Bertz CT molecular complexity index is 1340. The fraction of sp³-hybridized carbons (Fsp3) is 0.241. The van der Waals surface area contributed by atoms with E-state index < -0.39 is 11.2 Å². The van der Waals surface area contributed by atoms with E-state index in [9.17, 15) is 14.4 Å². The number of hydrogen-bond acceptors (Lipinski definition) is 7. The zero-order valence-electron chi connectivity index (χ0n) is 21.6. The highest BCUT2D eigenvalue weighted by Gasteiger charge is 2.35. The molecule has 1 fully saturated rings. The normalized spacial score (nSPS) is 16.2. The van der Waals surface area contributed by atoms with E-state index in [0.717, 1.165) is 5.56 Å². The molecule has 39 heavy (non-hydrogen) atoms. The van der Waals surface area contributed by atoms with Gasteiger partial charge in [0.15, 0.2) is 5.17 Å². The lowest BCUT2D eigenvalue weighted by Crippen LogP contribution is -2.46. The Morgan fingerprint density at radius 3 is 2.38 bits per heavy atom. The van der Waals surface area contributed by atoms with Gasteiger partial charge in [0.25, 0.3) is 0 Å². The van der Waals surface area contributed by atoms with Gasteiger partial charge in [0.1, 0.15) is 11.0 Å². The first-order valence-corrected chi connectivity index (χ1v) is 13.6. The van der Waals surface area contributed by atoms with Crippen LogP contribution in [0.3, 0.4) is 0 Å². The zero-order chi connectivity index (χ0) is 27.8. The maximum Gasteiger partial charge on any atom is 0.338 e. The van der Waals surface area contributed by atoms with Crippen molar-refractivity contribution in [2.75, 3.05) is 25.6 Å². The molecule has 202 valence electrons. The summed E-state index contributed by atoms with van der Waals surface area (Å²) in [6.07, 6.45) is 0.626. The number of aliphatic imine (C=N–C) groups is 1. The molecule has 0 bridgehead atoms. The summed E-state index contributed by atoms with van der Waals surface area (Å²) < 4.78 is 10.2. The maximum atomic E-state index is 13.3. The number of ether oxygens (including phenoxy) is 2. The molecule has 10 heteroatoms. The van der Waals surface area contributed by atoms with Crippen LogP contribution in [0, 0.1) is 0 Å². The number of nitrogens with one attached hydrogen (secondary N) is 1. The van der Waals surface area contributed by atoms with Crippen LogP contribution in [0.2, 0.25) is 5.02 Å². The van der Waals surface area contributed by atoms with Crippen LogP contribution in [0.25, 0.3) is 0 Å². The van der Waals surface area contributed by atoms with E-state index in [1.807, 2.05) is 24.3 Å². The second-order valence-electron chi connectivity index (χ2n) is 8.61. The molecular weight excluding hydrogens is 538 g/mol. The number of thioether (sulfide) groups is 1. The van der Waals surface area contributed by atoms with Crippen molar-refractivity contribution >= 4 is 57.7 Å². The van der Waals surface area contributed by atoms with Crippen molar-refractivity contribution in [1.29, 1.82) is 0 Å². The molecule has 0 spiro atoms. The van der Waals surface area contributed by atoms with Crippen molar-refractivity contribution in [2.24, 2.45) is 4.99 Å². The van der Waals surface area contributed by atoms with Crippen LogP contribution in [0.15, 0.2) is 77.8 Å². The fourth-order valence-corrected chi connectivity index (χ4v) is 5.10. The Morgan fingerprint density at radius 2 is 1.74 bits per heavy atom. The third-order valence-corrected chi connectivity index (χ3v) is 7.37. The summed E-state index contributed by atoms with van der Waals surface area (Å²) in [6, 6.07) is 21.0. The number of carbonyl (C=O) groups excluding carboxylic acids is 3. The third kappa shape index (κ3) is 7.61. The Hall–Kier alpha value is -3.82. The molecule has 3 aromatic rings. The van der Waals surface area contributed by atoms with Crippen LogP contribution in [-0.2, 0) is 20.7 Å². The smallest absolute Gasteiger partial charge is 0.338 e. The number of esters is 1. The first-order chi connectivity index (χ1) is 18.9. The van der Waals surface area contributed by atoms with E-state index in [-0.39, 0.29) is 24.8 Å². The average molecular weight is 566 g/mol. The van der Waals surface area contributed by atoms with Gasteiger partial charge in [-0.3, -0.25) is 14.5 Å². The Kier molecular flexibility index (Phi) is 9.62. The summed E-state index contributed by atoms with van der Waals surface area (Å²) >= 11 is 7.24. The highest BCUT2D eigenvalue weighted by atomic mass is 35.5. The number of amidine groups is 1. The maximum absolute atomic E-state index is 13.3. The van der Waals surface area contributed by atoms with Crippen LogP contribution in [-0.4, -0.2) is 53.4 Å². The van der Waals surface area contributed by atoms with E-state index in [1.165, 1.54) is 11.8 Å². The molecule has 8 nitrogen and oxygen atoms in total. The molecule has 3 aromatic carbocycles. The van der Waals surface area contributed by atoms with Gasteiger partial charge in [-0.15, -0.1) is 0 Å². The van der Waals surface area contributed by atoms with Crippen LogP contribution < -0.4 is 10.1 Å². The number of methoxy groups -OCH3 is 1. The van der Waals surface area contributed by atoms with Gasteiger partial charge in [-0.25, -0.2) is 9.79 Å². The summed E-state index contributed by atoms with van der Waals surface area (Å²) in [4.78, 5) is 44.7. The average Bonchev–Trinajstić information content (AvgIpc) is 2.94. The summed E-state index contributed by atoms with van der Waals surface area (Å²) in [5.41, 5.74) is 2.58. The molecule has 1 aliphatic heterocycles. The highest BCUT2D eigenvalue weighted by molar-refractivity contribution is 8.15. The number of halogens is 1. The molecule has 1 atom stereocenters. The van der Waals surface area contributed by atoms with Gasteiger partial charge >= 0.3 is 5.97 Å². The van der Waals surface area contributed by atoms with Crippen molar-refractivity contribution in [1.82, 2.24) is 4.90 Å². The number of rotatable bonds is 9. The molecule has 0 saturated carbocycles. The fourth-order valence-electron chi connectivity index (χ4n) is 3.85. The number of anilines is 1. The molecule has 1 N–H and O–H groups in total. The van der Waals surface area contributed by atoms with E-state index in [1.54, 1.807) is 67.5 Å². The number of hydrogen-bond donors (Lipinski definition) is 1. The number of benzene rings is 3. The van der Waals surface area contributed by atoms with Gasteiger partial charge < -0.3 is 14.8 Å². The molecule has 0 radical (unpaired) electrons. The standard InChI is InChI=1S/C29H28ClN3O5S/c1-3-38-28(36)20-6-10-23(11-7-20)32-29-33(17-16-19-4-8-21(30)9-5-19)26(34)18-25(39-29)27(35)31-22-12-14-24(37-2)15-13-22/h4-15,25H,3,16-18H2,1-2H3,(H,31,35)/t25-/m1/s1. The lowest BCUT2D eigenvalue weighted by Gasteiger charge is -2.32. The van der Waals surface area contributed by atoms with Gasteiger partial charge in [0, 0.05) is 23.7 Å². The van der Waals surface area contributed by atoms with Gasteiger partial charge in [-0.05, 0) is 79.6 Å². The molecule has 0 aliphatic carbocycles. The van der Waals surface area contributed by atoms with E-state index in [0.29, 0.717) is 45.8 Å². The summed E-state index contributed by atoms with van der Waals surface area (Å²) in [5, 5.41) is 3.27. The lowest BCUT2D eigenvalue weighted by atomic mass is 10.1. The third-order valence-electron chi connectivity index (χ3n) is 5.93. The number of amides is 2. The number of carbonyl (C=O) groups is 3. The van der Waals surface area contributed by atoms with Crippen molar-refractivity contribution in [2.45, 2.75) is 25.0 Å². The molecule has 0 unspecified atom stereocenters. The van der Waals surface area contributed by atoms with Crippen molar-refractivity contribution < 1.29 is 23.9 Å². The summed E-state index contributed by atoms with van der Waals surface area (Å²) in [5.74, 6) is -0.227. The second-order valence-corrected chi connectivity index (χ2v) is 10.2. The van der Waals surface area contributed by atoms with Gasteiger partial charge in [-0.2, -0.15) is 0 Å². The molecule has 1 heterocycles. The largest absolute Gasteiger partial charge is 0.497 e. The van der Waals surface area contributed by atoms with E-state index >= 15 is 0 Å². The van der Waals surface area contributed by atoms with Gasteiger partial charge in [0.05, 0.1) is 25.0 Å². The van der Waals surface area contributed by atoms with Crippen LogP contribution in [0.5, 0.6) is 5.75 Å². The first kappa shape index (κ1) is 28.2. The lowest BCUT2D eigenvalue weighted by molar-refractivity contribution is -0.129. The summed E-state index contributed by atoms with van der Waals surface area (Å²) in [7, 11) is 1.57. The quantitative estimate of drug-likeness (QED) is 0.333. The Balaban J connectivity index is 1.55. The van der Waals surface area contributed by atoms with Crippen LogP contribution in [0.4, 0.5) is 11.4 Å². The summed E-state index contributed by atoms with van der Waals surface area (Å²) in [6.45, 7) is 2.42. The minimum Gasteiger partial charge on any atom is -0.497 e. The second kappa shape index (κ2) is 13.3. The highest BCUT2D eigenvalue weighted by Crippen LogP contribution is 2.30. The first-order valence-electron chi connectivity index (χ1n) is 12.4. The van der Waals surface area contributed by atoms with E-state index in [2.05, 4.69) is 5.32 Å². The minimum atomic E-state index is -0.663. The van der Waals surface area contributed by atoms with Crippen LogP contribution >= 0.6 is 23.4 Å². The monoisotopic (exact) mass is 565 g/mol. The van der Waals surface area contributed by atoms with Crippen LogP contribution in [0.1, 0.15) is 29.3 Å². The molecule has 0 aromatic heterocycles. The molecule has 1 aliphatic rings. The van der Waals surface area contributed by atoms with E-state index in [4.69, 9.17) is 26.1 Å². The topological polar surface area (TPSA) is 97.3 Å². The minimum absolute atomic E-state index is 0.0358. The molecule has 1 saturated heterocycles. The molecule has 2 amide bonds. The SMILES string of the molecule is CCOC(=O)c1ccc(N=C2S[C@@H](C(=O)Nc3ccc(OC)cc3)CC(=O)N2CCc2ccc(Cl)cc2)cc1.